The molecule has 1 aromatic heterocycles. The van der Waals surface area contributed by atoms with Gasteiger partial charge in [-0.3, -0.25) is 14.5 Å². The number of piperazine rings is 1. The number of nitrogens with two attached hydrogens (primary N) is 1. The van der Waals surface area contributed by atoms with Gasteiger partial charge in [0, 0.05) is 36.7 Å². The lowest BCUT2D eigenvalue weighted by Crippen LogP contribution is -2.48. The summed E-state index contributed by atoms with van der Waals surface area (Å²) in [5.74, 6) is -0.839. The molecule has 6 nitrogen and oxygen atoms in total. The number of carbonyl (C=O) groups excluding carboxylic acids is 2. The van der Waals surface area contributed by atoms with Crippen LogP contribution < -0.4 is 16.0 Å². The molecule has 0 atom stereocenters. The number of benzene rings is 1. The highest BCUT2D eigenvalue weighted by atomic mass is 32.1. The lowest BCUT2D eigenvalue weighted by atomic mass is 10.1. The maximum atomic E-state index is 13.1. The second kappa shape index (κ2) is 7.89. The molecule has 8 heteroatoms. The Morgan fingerprint density at radius 3 is 2.50 bits per heavy atom. The Morgan fingerprint density at radius 2 is 1.82 bits per heavy atom. The quantitative estimate of drug-likeness (QED) is 0.804. The molecule has 0 spiro atoms. The van der Waals surface area contributed by atoms with Crippen LogP contribution in [0.3, 0.4) is 0 Å². The van der Waals surface area contributed by atoms with E-state index >= 15 is 0 Å². The molecule has 2 aromatic rings. The van der Waals surface area contributed by atoms with Crippen molar-refractivity contribution < 1.29 is 14.0 Å². The fourth-order valence-electron chi connectivity index (χ4n) is 3.94. The van der Waals surface area contributed by atoms with E-state index in [0.29, 0.717) is 10.6 Å². The van der Waals surface area contributed by atoms with Crippen LogP contribution in [0.1, 0.15) is 27.2 Å². The minimum absolute atomic E-state index is 0.127. The third kappa shape index (κ3) is 3.88. The molecule has 1 aromatic carbocycles. The standard InChI is InChI=1S/C20H23FN4O2S/c21-13-4-6-14(7-5-13)25-10-8-24(9-11-25)12-17(26)23-20-18(19(22)27)15-2-1-3-16(15)28-20/h4-7H,1-3,8-12H2,(H2,22,27)(H,23,26). The third-order valence-electron chi connectivity index (χ3n) is 5.35. The van der Waals surface area contributed by atoms with Crippen molar-refractivity contribution in [2.45, 2.75) is 19.3 Å². The number of thiophene rings is 1. The molecule has 0 saturated carbocycles. The minimum Gasteiger partial charge on any atom is -0.369 e. The first-order chi connectivity index (χ1) is 13.5. The molecule has 0 radical (unpaired) electrons. The molecule has 1 fully saturated rings. The van der Waals surface area contributed by atoms with Crippen LogP contribution in [-0.4, -0.2) is 49.4 Å². The van der Waals surface area contributed by atoms with E-state index in [-0.39, 0.29) is 18.3 Å². The zero-order chi connectivity index (χ0) is 19.7. The van der Waals surface area contributed by atoms with Gasteiger partial charge >= 0.3 is 0 Å². The number of nitrogens with one attached hydrogen (secondary N) is 1. The number of halogens is 1. The zero-order valence-corrected chi connectivity index (χ0v) is 16.4. The highest BCUT2D eigenvalue weighted by molar-refractivity contribution is 7.17. The van der Waals surface area contributed by atoms with Crippen LogP contribution in [0.5, 0.6) is 0 Å². The highest BCUT2D eigenvalue weighted by Gasteiger charge is 2.27. The molecule has 148 valence electrons. The molecule has 2 heterocycles. The van der Waals surface area contributed by atoms with Gasteiger partial charge in [-0.15, -0.1) is 11.3 Å². The largest absolute Gasteiger partial charge is 0.369 e. The Balaban J connectivity index is 1.33. The van der Waals surface area contributed by atoms with E-state index < -0.39 is 5.91 Å². The van der Waals surface area contributed by atoms with Gasteiger partial charge in [0.05, 0.1) is 12.1 Å². The lowest BCUT2D eigenvalue weighted by Gasteiger charge is -2.35. The number of nitrogens with zero attached hydrogens (tertiary/aromatic N) is 2. The third-order valence-corrected chi connectivity index (χ3v) is 6.56. The van der Waals surface area contributed by atoms with Crippen LogP contribution in [-0.2, 0) is 17.6 Å². The van der Waals surface area contributed by atoms with Gasteiger partial charge < -0.3 is 16.0 Å². The maximum Gasteiger partial charge on any atom is 0.251 e. The van der Waals surface area contributed by atoms with Crippen molar-refractivity contribution >= 4 is 33.8 Å². The van der Waals surface area contributed by atoms with E-state index in [2.05, 4.69) is 15.1 Å². The lowest BCUT2D eigenvalue weighted by molar-refractivity contribution is -0.117. The van der Waals surface area contributed by atoms with E-state index in [1.165, 1.54) is 23.5 Å². The molecule has 1 aliphatic heterocycles. The minimum atomic E-state index is -0.470. The van der Waals surface area contributed by atoms with E-state index in [0.717, 1.165) is 61.6 Å². The number of hydrogen-bond donors (Lipinski definition) is 2. The number of carbonyl (C=O) groups is 2. The van der Waals surface area contributed by atoms with Crippen LogP contribution in [0, 0.1) is 5.82 Å². The van der Waals surface area contributed by atoms with E-state index in [1.54, 1.807) is 12.1 Å². The number of anilines is 2. The number of aryl methyl sites for hydroxylation is 1. The summed E-state index contributed by atoms with van der Waals surface area (Å²) >= 11 is 1.48. The summed E-state index contributed by atoms with van der Waals surface area (Å²) < 4.78 is 13.1. The van der Waals surface area contributed by atoms with Crippen molar-refractivity contribution in [2.24, 2.45) is 5.73 Å². The first-order valence-corrected chi connectivity index (χ1v) is 10.3. The molecule has 1 saturated heterocycles. The summed E-state index contributed by atoms with van der Waals surface area (Å²) in [7, 11) is 0. The molecule has 3 N–H and O–H groups in total. The smallest absolute Gasteiger partial charge is 0.251 e. The summed E-state index contributed by atoms with van der Waals surface area (Å²) in [4.78, 5) is 29.8. The van der Waals surface area contributed by atoms with Gasteiger partial charge in [-0.05, 0) is 49.1 Å². The molecule has 0 bridgehead atoms. The molecule has 1 aliphatic carbocycles. The van der Waals surface area contributed by atoms with Crippen molar-refractivity contribution in [1.82, 2.24) is 4.90 Å². The van der Waals surface area contributed by atoms with E-state index in [9.17, 15) is 14.0 Å². The number of rotatable bonds is 5. The number of primary amides is 1. The fourth-order valence-corrected chi connectivity index (χ4v) is 5.25. The normalized spacial score (nSPS) is 16.8. The molecule has 2 amide bonds. The van der Waals surface area contributed by atoms with Crippen molar-refractivity contribution in [3.63, 3.8) is 0 Å². The van der Waals surface area contributed by atoms with E-state index in [1.807, 2.05) is 0 Å². The molecular formula is C20H23FN4O2S. The monoisotopic (exact) mass is 402 g/mol. The van der Waals surface area contributed by atoms with Crippen molar-refractivity contribution in [1.29, 1.82) is 0 Å². The molecule has 0 unspecified atom stereocenters. The van der Waals surface area contributed by atoms with Crippen molar-refractivity contribution in [2.75, 3.05) is 42.9 Å². The summed E-state index contributed by atoms with van der Waals surface area (Å²) in [6, 6.07) is 6.48. The highest BCUT2D eigenvalue weighted by Crippen LogP contribution is 2.38. The average Bonchev–Trinajstić information content (AvgIpc) is 3.23. The summed E-state index contributed by atoms with van der Waals surface area (Å²) in [6.07, 6.45) is 2.83. The van der Waals surface area contributed by atoms with Gasteiger partial charge in [0.2, 0.25) is 5.91 Å². The average molecular weight is 402 g/mol. The Labute approximate surface area is 167 Å². The van der Waals surface area contributed by atoms with Gasteiger partial charge in [-0.1, -0.05) is 0 Å². The molecule has 28 heavy (non-hydrogen) atoms. The topological polar surface area (TPSA) is 78.7 Å². The van der Waals surface area contributed by atoms with Gasteiger partial charge in [0.15, 0.2) is 0 Å². The summed E-state index contributed by atoms with van der Waals surface area (Å²) in [5.41, 5.74) is 8.05. The predicted octanol–water partition coefficient (Wildman–Crippen LogP) is 2.24. The van der Waals surface area contributed by atoms with Gasteiger partial charge in [0.25, 0.3) is 5.91 Å². The first-order valence-electron chi connectivity index (χ1n) is 9.48. The van der Waals surface area contributed by atoms with Gasteiger partial charge in [-0.2, -0.15) is 0 Å². The number of amides is 2. The molecule has 2 aliphatic rings. The number of hydrogen-bond acceptors (Lipinski definition) is 5. The Bertz CT molecular complexity index is 888. The SMILES string of the molecule is NC(=O)c1c(NC(=O)CN2CCN(c3ccc(F)cc3)CC2)sc2c1CCC2. The summed E-state index contributed by atoms with van der Waals surface area (Å²) in [5, 5.41) is 3.49. The second-order valence-electron chi connectivity index (χ2n) is 7.21. The summed E-state index contributed by atoms with van der Waals surface area (Å²) in [6.45, 7) is 3.32. The predicted molar refractivity (Wildman–Crippen MR) is 109 cm³/mol. The molecule has 4 rings (SSSR count). The second-order valence-corrected chi connectivity index (χ2v) is 8.32. The first kappa shape index (κ1) is 18.9. The van der Waals surface area contributed by atoms with Crippen molar-refractivity contribution in [3.05, 3.63) is 46.1 Å². The number of fused-ring (bicyclic) bond motifs is 1. The van der Waals surface area contributed by atoms with Crippen LogP contribution in [0.25, 0.3) is 0 Å². The van der Waals surface area contributed by atoms with Crippen LogP contribution in [0.2, 0.25) is 0 Å². The Morgan fingerprint density at radius 1 is 1.11 bits per heavy atom. The van der Waals surface area contributed by atoms with Crippen LogP contribution in [0.4, 0.5) is 15.1 Å². The Hall–Kier alpha value is -2.45. The van der Waals surface area contributed by atoms with Gasteiger partial charge in [-0.25, -0.2) is 4.39 Å². The Kier molecular flexibility index (Phi) is 5.32. The maximum absolute atomic E-state index is 13.1. The molecular weight excluding hydrogens is 379 g/mol. The van der Waals surface area contributed by atoms with Crippen molar-refractivity contribution in [3.8, 4) is 0 Å². The van der Waals surface area contributed by atoms with Gasteiger partial charge in [0.1, 0.15) is 10.8 Å². The van der Waals surface area contributed by atoms with Crippen LogP contribution in [0.15, 0.2) is 24.3 Å². The van der Waals surface area contributed by atoms with E-state index in [4.69, 9.17) is 5.73 Å². The fraction of sp³-hybridized carbons (Fsp3) is 0.400. The van der Waals surface area contributed by atoms with Crippen LogP contribution >= 0.6 is 11.3 Å². The zero-order valence-electron chi connectivity index (χ0n) is 15.5.